The van der Waals surface area contributed by atoms with Crippen LogP contribution in [0.3, 0.4) is 0 Å². The average molecular weight is 295 g/mol. The monoisotopic (exact) mass is 294 g/mol. The summed E-state index contributed by atoms with van der Waals surface area (Å²) in [6.45, 7) is 6.28. The third-order valence-corrected chi connectivity index (χ3v) is 4.36. The number of carbonyl (C=O) groups is 1. The zero-order valence-corrected chi connectivity index (χ0v) is 13.0. The first-order valence-electron chi connectivity index (χ1n) is 7.33. The van der Waals surface area contributed by atoms with Crippen LogP contribution in [0, 0.1) is 18.8 Å². The van der Waals surface area contributed by atoms with E-state index < -0.39 is 0 Å². The molecule has 0 saturated carbocycles. The van der Waals surface area contributed by atoms with E-state index in [0.29, 0.717) is 23.3 Å². The number of nitrogens with one attached hydrogen (secondary N) is 2. The Morgan fingerprint density at radius 1 is 1.55 bits per heavy atom. The first kappa shape index (κ1) is 15.3. The molecule has 110 valence electrons. The lowest BCUT2D eigenvalue weighted by molar-refractivity contribution is -0.117. The van der Waals surface area contributed by atoms with Crippen molar-refractivity contribution in [2.45, 2.75) is 33.1 Å². The van der Waals surface area contributed by atoms with Crippen molar-refractivity contribution in [3.8, 4) is 0 Å². The van der Waals surface area contributed by atoms with Crippen LogP contribution in [0.2, 0.25) is 5.02 Å². The Morgan fingerprint density at radius 2 is 2.35 bits per heavy atom. The smallest absolute Gasteiger partial charge is 0.224 e. The molecule has 0 aromatic heterocycles. The van der Waals surface area contributed by atoms with Gasteiger partial charge in [0.1, 0.15) is 0 Å². The second-order valence-electron chi connectivity index (χ2n) is 5.80. The molecule has 0 aliphatic carbocycles. The topological polar surface area (TPSA) is 41.1 Å². The van der Waals surface area contributed by atoms with Crippen molar-refractivity contribution in [3.63, 3.8) is 0 Å². The van der Waals surface area contributed by atoms with Gasteiger partial charge in [-0.2, -0.15) is 0 Å². The molecule has 2 unspecified atom stereocenters. The minimum Gasteiger partial charge on any atom is -0.326 e. The number of hydrogen-bond acceptors (Lipinski definition) is 2. The number of carbonyl (C=O) groups excluding carboxylic acids is 1. The molecule has 20 heavy (non-hydrogen) atoms. The summed E-state index contributed by atoms with van der Waals surface area (Å²) in [6.07, 6.45) is 3.00. The summed E-state index contributed by atoms with van der Waals surface area (Å²) in [5.41, 5.74) is 1.85. The molecule has 2 N–H and O–H groups in total. The number of halogens is 1. The van der Waals surface area contributed by atoms with Gasteiger partial charge in [0.2, 0.25) is 5.91 Å². The number of piperidine rings is 1. The lowest BCUT2D eigenvalue weighted by atomic mass is 9.85. The normalized spacial score (nSPS) is 20.4. The van der Waals surface area contributed by atoms with Crippen molar-refractivity contribution in [1.82, 2.24) is 5.32 Å². The van der Waals surface area contributed by atoms with Gasteiger partial charge in [0, 0.05) is 17.1 Å². The zero-order chi connectivity index (χ0) is 14.5. The molecule has 1 aliphatic heterocycles. The van der Waals surface area contributed by atoms with Gasteiger partial charge < -0.3 is 10.6 Å². The molecular weight excluding hydrogens is 272 g/mol. The van der Waals surface area contributed by atoms with Gasteiger partial charge in [-0.25, -0.2) is 0 Å². The Morgan fingerprint density at radius 3 is 3.05 bits per heavy atom. The van der Waals surface area contributed by atoms with E-state index >= 15 is 0 Å². The molecule has 1 aromatic rings. The van der Waals surface area contributed by atoms with Gasteiger partial charge >= 0.3 is 0 Å². The highest BCUT2D eigenvalue weighted by Crippen LogP contribution is 2.24. The van der Waals surface area contributed by atoms with Crippen molar-refractivity contribution in [3.05, 3.63) is 28.8 Å². The minimum absolute atomic E-state index is 0.0773. The molecular formula is C16H23ClN2O. The lowest BCUT2D eigenvalue weighted by Gasteiger charge is -2.28. The molecule has 2 atom stereocenters. The van der Waals surface area contributed by atoms with Crippen LogP contribution >= 0.6 is 11.6 Å². The number of anilines is 1. The summed E-state index contributed by atoms with van der Waals surface area (Å²) in [5.74, 6) is 1.09. The van der Waals surface area contributed by atoms with Crippen LogP contribution in [0.4, 0.5) is 5.69 Å². The summed E-state index contributed by atoms with van der Waals surface area (Å²) in [4.78, 5) is 12.2. The summed E-state index contributed by atoms with van der Waals surface area (Å²) in [6, 6.07) is 5.57. The predicted molar refractivity (Wildman–Crippen MR) is 84.2 cm³/mol. The van der Waals surface area contributed by atoms with Gasteiger partial charge in [-0.15, -0.1) is 0 Å². The first-order valence-corrected chi connectivity index (χ1v) is 7.71. The molecule has 0 spiro atoms. The second kappa shape index (κ2) is 7.09. The highest BCUT2D eigenvalue weighted by molar-refractivity contribution is 6.31. The third kappa shape index (κ3) is 4.22. The van der Waals surface area contributed by atoms with Crippen molar-refractivity contribution in [2.75, 3.05) is 18.4 Å². The van der Waals surface area contributed by atoms with Crippen molar-refractivity contribution in [2.24, 2.45) is 11.8 Å². The number of amides is 1. The molecule has 1 saturated heterocycles. The van der Waals surface area contributed by atoms with Crippen molar-refractivity contribution in [1.29, 1.82) is 0 Å². The number of benzene rings is 1. The lowest BCUT2D eigenvalue weighted by Crippen LogP contribution is -2.34. The highest BCUT2D eigenvalue weighted by atomic mass is 35.5. The minimum atomic E-state index is 0.0773. The van der Waals surface area contributed by atoms with Gasteiger partial charge in [-0.05, 0) is 62.4 Å². The number of hydrogen-bond donors (Lipinski definition) is 2. The van der Waals surface area contributed by atoms with Gasteiger partial charge in [-0.1, -0.05) is 24.6 Å². The second-order valence-corrected chi connectivity index (χ2v) is 6.23. The zero-order valence-electron chi connectivity index (χ0n) is 12.2. The number of rotatable bonds is 4. The Balaban J connectivity index is 1.89. The SMILES string of the molecule is Cc1ccc(Cl)cc1NC(=O)CC(C)C1CCCNC1. The summed E-state index contributed by atoms with van der Waals surface area (Å²) >= 11 is 5.97. The van der Waals surface area contributed by atoms with E-state index in [4.69, 9.17) is 11.6 Å². The Labute approximate surface area is 126 Å². The predicted octanol–water partition coefficient (Wildman–Crippen LogP) is 3.61. The maximum absolute atomic E-state index is 12.2. The van der Waals surface area contributed by atoms with Crippen LogP contribution in [0.15, 0.2) is 18.2 Å². The van der Waals surface area contributed by atoms with Crippen LogP contribution in [-0.2, 0) is 4.79 Å². The molecule has 2 rings (SSSR count). The van der Waals surface area contributed by atoms with Gasteiger partial charge in [0.25, 0.3) is 0 Å². The molecule has 1 fully saturated rings. The quantitative estimate of drug-likeness (QED) is 0.890. The summed E-state index contributed by atoms with van der Waals surface area (Å²) in [5, 5.41) is 7.03. The van der Waals surface area contributed by atoms with E-state index in [1.807, 2.05) is 25.1 Å². The van der Waals surface area contributed by atoms with Crippen LogP contribution in [0.5, 0.6) is 0 Å². The molecule has 0 bridgehead atoms. The number of aryl methyl sites for hydroxylation is 1. The Hall–Kier alpha value is -1.06. The third-order valence-electron chi connectivity index (χ3n) is 4.12. The standard InChI is InChI=1S/C16H23ClN2O/c1-11-5-6-14(17)9-15(11)19-16(20)8-12(2)13-4-3-7-18-10-13/h5-6,9,12-13,18H,3-4,7-8,10H2,1-2H3,(H,19,20). The maximum Gasteiger partial charge on any atom is 0.224 e. The largest absolute Gasteiger partial charge is 0.326 e. The molecule has 1 aromatic carbocycles. The van der Waals surface area contributed by atoms with Crippen LogP contribution < -0.4 is 10.6 Å². The van der Waals surface area contributed by atoms with E-state index in [1.54, 1.807) is 0 Å². The molecule has 1 amide bonds. The van der Waals surface area contributed by atoms with Gasteiger partial charge in [0.15, 0.2) is 0 Å². The average Bonchev–Trinajstić information content (AvgIpc) is 2.43. The summed E-state index contributed by atoms with van der Waals surface area (Å²) < 4.78 is 0. The van der Waals surface area contributed by atoms with E-state index in [2.05, 4.69) is 17.6 Å². The first-order chi connectivity index (χ1) is 9.56. The van der Waals surface area contributed by atoms with E-state index in [9.17, 15) is 4.79 Å². The van der Waals surface area contributed by atoms with Crippen LogP contribution in [-0.4, -0.2) is 19.0 Å². The van der Waals surface area contributed by atoms with E-state index in [-0.39, 0.29) is 5.91 Å². The fraction of sp³-hybridized carbons (Fsp3) is 0.562. The Kier molecular flexibility index (Phi) is 5.44. The van der Waals surface area contributed by atoms with E-state index in [1.165, 1.54) is 12.8 Å². The van der Waals surface area contributed by atoms with Crippen LogP contribution in [0.25, 0.3) is 0 Å². The molecule has 1 heterocycles. The molecule has 1 aliphatic rings. The molecule has 0 radical (unpaired) electrons. The Bertz CT molecular complexity index is 470. The van der Waals surface area contributed by atoms with Gasteiger partial charge in [-0.3, -0.25) is 4.79 Å². The fourth-order valence-electron chi connectivity index (χ4n) is 2.75. The van der Waals surface area contributed by atoms with Crippen molar-refractivity contribution >= 4 is 23.2 Å². The van der Waals surface area contributed by atoms with Crippen LogP contribution in [0.1, 0.15) is 31.7 Å². The summed E-state index contributed by atoms with van der Waals surface area (Å²) in [7, 11) is 0. The van der Waals surface area contributed by atoms with Gasteiger partial charge in [0.05, 0.1) is 0 Å². The highest BCUT2D eigenvalue weighted by Gasteiger charge is 2.22. The molecule has 3 nitrogen and oxygen atoms in total. The van der Waals surface area contributed by atoms with E-state index in [0.717, 1.165) is 24.3 Å². The molecule has 4 heteroatoms. The maximum atomic E-state index is 12.2. The van der Waals surface area contributed by atoms with Crippen molar-refractivity contribution < 1.29 is 4.79 Å². The fourth-order valence-corrected chi connectivity index (χ4v) is 2.93.